The molecule has 2 unspecified atom stereocenters. The van der Waals surface area contributed by atoms with Gasteiger partial charge in [0.15, 0.2) is 0 Å². The molecule has 1 saturated carbocycles. The molecule has 3 heteroatoms. The molecule has 1 aliphatic carbocycles. The maximum atomic E-state index is 5.23. The molecule has 2 atom stereocenters. The van der Waals surface area contributed by atoms with Crippen LogP contribution in [-0.4, -0.2) is 38.6 Å². The van der Waals surface area contributed by atoms with Gasteiger partial charge in [-0.05, 0) is 5.92 Å². The van der Waals surface area contributed by atoms with E-state index in [1.807, 2.05) is 0 Å². The lowest BCUT2D eigenvalue weighted by Crippen LogP contribution is -2.06. The molecule has 3 nitrogen and oxygen atoms in total. The van der Waals surface area contributed by atoms with Gasteiger partial charge in [0.1, 0.15) is 12.2 Å². The smallest absolute Gasteiger partial charge is 0.104 e. The van der Waals surface area contributed by atoms with Crippen molar-refractivity contribution in [2.45, 2.75) is 109 Å². The highest BCUT2D eigenvalue weighted by Gasteiger charge is 2.26. The lowest BCUT2D eigenvalue weighted by molar-refractivity contribution is 0.102. The van der Waals surface area contributed by atoms with Crippen LogP contribution in [0.4, 0.5) is 0 Å². The van der Waals surface area contributed by atoms with E-state index in [1.165, 1.54) is 89.9 Å². The third kappa shape index (κ3) is 12.8. The number of hydrogen-bond donors (Lipinski definition) is 0. The van der Waals surface area contributed by atoms with Crippen molar-refractivity contribution in [3.63, 3.8) is 0 Å². The Morgan fingerprint density at radius 1 is 0.720 bits per heavy atom. The summed E-state index contributed by atoms with van der Waals surface area (Å²) < 4.78 is 15.1. The Morgan fingerprint density at radius 3 is 1.68 bits per heavy atom. The van der Waals surface area contributed by atoms with Gasteiger partial charge in [0.25, 0.3) is 0 Å². The van der Waals surface area contributed by atoms with Crippen molar-refractivity contribution in [3.8, 4) is 0 Å². The molecule has 0 radical (unpaired) electrons. The molecule has 3 rings (SSSR count). The first-order valence-corrected chi connectivity index (χ1v) is 11.2. The molecular formula is C22H42O3. The fourth-order valence-electron chi connectivity index (χ4n) is 3.70. The third-order valence-electron chi connectivity index (χ3n) is 5.60. The number of hydrogen-bond acceptors (Lipinski definition) is 3. The molecule has 2 heterocycles. The highest BCUT2D eigenvalue weighted by Crippen LogP contribution is 2.29. The van der Waals surface area contributed by atoms with Crippen molar-refractivity contribution in [1.82, 2.24) is 0 Å². The normalized spacial score (nSPS) is 24.8. The van der Waals surface area contributed by atoms with Crippen molar-refractivity contribution in [2.75, 3.05) is 26.4 Å². The van der Waals surface area contributed by atoms with E-state index in [0.29, 0.717) is 12.2 Å². The number of ether oxygens (including phenoxy) is 3. The van der Waals surface area contributed by atoms with Gasteiger partial charge in [-0.15, -0.1) is 0 Å². The number of unbranched alkanes of at least 4 members (excludes halogenated alkanes) is 8. The number of rotatable bonds is 14. The van der Waals surface area contributed by atoms with E-state index in [-0.39, 0.29) is 0 Å². The highest BCUT2D eigenvalue weighted by atomic mass is 16.6. The summed E-state index contributed by atoms with van der Waals surface area (Å²) in [5.74, 6) is 1.12. The molecule has 0 aromatic heterocycles. The van der Waals surface area contributed by atoms with E-state index in [4.69, 9.17) is 14.2 Å². The molecule has 0 N–H and O–H groups in total. The first-order chi connectivity index (χ1) is 12.4. The molecule has 2 aliphatic heterocycles. The largest absolute Gasteiger partial charge is 0.376 e. The Morgan fingerprint density at radius 2 is 1.20 bits per heavy atom. The molecule has 148 valence electrons. The summed E-state index contributed by atoms with van der Waals surface area (Å²) in [6.07, 6.45) is 21.7. The molecule has 0 spiro atoms. The van der Waals surface area contributed by atoms with Crippen molar-refractivity contribution in [2.24, 2.45) is 5.92 Å². The third-order valence-corrected chi connectivity index (χ3v) is 5.60. The van der Waals surface area contributed by atoms with Gasteiger partial charge in [-0.2, -0.15) is 0 Å². The van der Waals surface area contributed by atoms with Gasteiger partial charge in [-0.25, -0.2) is 0 Å². The summed E-state index contributed by atoms with van der Waals surface area (Å²) in [5, 5.41) is 0. The summed E-state index contributed by atoms with van der Waals surface area (Å²) in [5.41, 5.74) is 0. The van der Waals surface area contributed by atoms with Gasteiger partial charge in [-0.1, -0.05) is 96.8 Å². The fraction of sp³-hybridized carbons (Fsp3) is 1.00. The van der Waals surface area contributed by atoms with Crippen LogP contribution in [0.15, 0.2) is 0 Å². The Kier molecular flexibility index (Phi) is 11.9. The lowest BCUT2D eigenvalue weighted by Gasteiger charge is -2.07. The van der Waals surface area contributed by atoms with E-state index >= 15 is 0 Å². The first-order valence-electron chi connectivity index (χ1n) is 11.2. The minimum Gasteiger partial charge on any atom is -0.376 e. The Hall–Kier alpha value is -0.120. The van der Waals surface area contributed by atoms with E-state index in [0.717, 1.165) is 32.3 Å². The molecule has 0 amide bonds. The Labute approximate surface area is 156 Å². The molecular weight excluding hydrogens is 312 g/mol. The van der Waals surface area contributed by atoms with E-state index in [1.54, 1.807) is 0 Å². The maximum absolute atomic E-state index is 5.23. The molecule has 2 saturated heterocycles. The summed E-state index contributed by atoms with van der Waals surface area (Å²) in [6.45, 7) is 5.56. The fourth-order valence-corrected chi connectivity index (χ4v) is 3.70. The van der Waals surface area contributed by atoms with Crippen molar-refractivity contribution in [3.05, 3.63) is 0 Å². The van der Waals surface area contributed by atoms with E-state index in [2.05, 4.69) is 6.92 Å². The van der Waals surface area contributed by atoms with Crippen LogP contribution in [0.1, 0.15) is 96.8 Å². The van der Waals surface area contributed by atoms with Gasteiger partial charge in [0, 0.05) is 0 Å². The van der Waals surface area contributed by atoms with Gasteiger partial charge in [-0.3, -0.25) is 0 Å². The van der Waals surface area contributed by atoms with Crippen LogP contribution >= 0.6 is 0 Å². The predicted molar refractivity (Wildman–Crippen MR) is 104 cm³/mol. The summed E-state index contributed by atoms with van der Waals surface area (Å²) in [6, 6.07) is 0. The van der Waals surface area contributed by atoms with Crippen LogP contribution in [0, 0.1) is 5.92 Å². The van der Waals surface area contributed by atoms with Crippen molar-refractivity contribution in [1.29, 1.82) is 0 Å². The van der Waals surface area contributed by atoms with Gasteiger partial charge in [0.05, 0.1) is 26.4 Å². The van der Waals surface area contributed by atoms with Crippen LogP contribution in [-0.2, 0) is 14.2 Å². The average molecular weight is 355 g/mol. The lowest BCUT2D eigenvalue weighted by atomic mass is 9.99. The summed E-state index contributed by atoms with van der Waals surface area (Å²) in [4.78, 5) is 0. The number of epoxide rings is 2. The molecule has 0 aromatic carbocycles. The van der Waals surface area contributed by atoms with Crippen molar-refractivity contribution >= 4 is 0 Å². The minimum absolute atomic E-state index is 0.392. The molecule has 3 aliphatic rings. The van der Waals surface area contributed by atoms with Crippen LogP contribution in [0.3, 0.4) is 0 Å². The van der Waals surface area contributed by atoms with Gasteiger partial charge in [0.2, 0.25) is 0 Å². The zero-order valence-corrected chi connectivity index (χ0v) is 16.7. The predicted octanol–water partition coefficient (Wildman–Crippen LogP) is 5.90. The highest BCUT2D eigenvalue weighted by molar-refractivity contribution is 4.71. The molecule has 0 aromatic rings. The van der Waals surface area contributed by atoms with Crippen LogP contribution in [0.2, 0.25) is 0 Å². The topological polar surface area (TPSA) is 34.3 Å². The van der Waals surface area contributed by atoms with Crippen LogP contribution in [0.5, 0.6) is 0 Å². The van der Waals surface area contributed by atoms with E-state index < -0.39 is 0 Å². The zero-order valence-electron chi connectivity index (χ0n) is 16.7. The standard InChI is InChI=1S/C16H32.C6H10O3/c1-2-3-4-5-6-7-8-9-10-13-16-14-11-12-15-16;1(5-3-8-5)7-2-6-4-9-6/h16H,2-15H2,1H3;5-6H,1-4H2. The van der Waals surface area contributed by atoms with Crippen LogP contribution in [0.25, 0.3) is 0 Å². The molecule has 3 fully saturated rings. The SMILES string of the molecule is C(OCC1CO1)C1CO1.CCCCCCCCCCCC1CCCC1. The Bertz CT molecular complexity index is 282. The molecule has 25 heavy (non-hydrogen) atoms. The van der Waals surface area contributed by atoms with Crippen LogP contribution < -0.4 is 0 Å². The quantitative estimate of drug-likeness (QED) is 0.288. The van der Waals surface area contributed by atoms with E-state index in [9.17, 15) is 0 Å². The molecule has 0 bridgehead atoms. The minimum atomic E-state index is 0.392. The maximum Gasteiger partial charge on any atom is 0.104 e. The monoisotopic (exact) mass is 354 g/mol. The second kappa shape index (κ2) is 14.0. The van der Waals surface area contributed by atoms with Gasteiger partial charge >= 0.3 is 0 Å². The summed E-state index contributed by atoms with van der Waals surface area (Å²) >= 11 is 0. The average Bonchev–Trinajstić information content (AvgIpc) is 3.56. The Balaban J connectivity index is 0.000000208. The van der Waals surface area contributed by atoms with Crippen molar-refractivity contribution < 1.29 is 14.2 Å². The zero-order chi connectivity index (χ0) is 17.6. The van der Waals surface area contributed by atoms with Gasteiger partial charge < -0.3 is 14.2 Å². The second-order valence-electron chi connectivity index (χ2n) is 8.22. The second-order valence-corrected chi connectivity index (χ2v) is 8.22. The summed E-state index contributed by atoms with van der Waals surface area (Å²) in [7, 11) is 0. The first kappa shape index (κ1) is 21.2.